The molecule has 2 atom stereocenters. The molecule has 3 heterocycles. The fourth-order valence-corrected chi connectivity index (χ4v) is 4.51. The SMILES string of the molecule is CCCCn1cncc1CN1CCC[C@H]2CCc3cccnc3[C@H]21.CNC. The number of aromatic nitrogens is 3. The number of fused-ring (bicyclic) bond motifs is 3. The van der Waals surface area contributed by atoms with Crippen LogP contribution in [0.5, 0.6) is 0 Å². The molecule has 0 unspecified atom stereocenters. The molecule has 148 valence electrons. The Morgan fingerprint density at radius 1 is 1.26 bits per heavy atom. The summed E-state index contributed by atoms with van der Waals surface area (Å²) in [4.78, 5) is 11.9. The summed E-state index contributed by atoms with van der Waals surface area (Å²) in [5.41, 5.74) is 4.16. The van der Waals surface area contributed by atoms with Crippen molar-refractivity contribution in [1.29, 1.82) is 0 Å². The smallest absolute Gasteiger partial charge is 0.0948 e. The molecule has 1 N–H and O–H groups in total. The van der Waals surface area contributed by atoms with E-state index in [4.69, 9.17) is 4.98 Å². The summed E-state index contributed by atoms with van der Waals surface area (Å²) in [6, 6.07) is 4.86. The third-order valence-corrected chi connectivity index (χ3v) is 5.77. The zero-order chi connectivity index (χ0) is 19.1. The number of pyridine rings is 1. The summed E-state index contributed by atoms with van der Waals surface area (Å²) in [7, 11) is 3.75. The lowest BCUT2D eigenvalue weighted by Crippen LogP contribution is -2.41. The van der Waals surface area contributed by atoms with Gasteiger partial charge in [-0.1, -0.05) is 19.4 Å². The van der Waals surface area contributed by atoms with Gasteiger partial charge in [-0.15, -0.1) is 0 Å². The number of rotatable bonds is 5. The lowest BCUT2D eigenvalue weighted by atomic mass is 9.77. The molecular weight excluding hydrogens is 334 g/mol. The third kappa shape index (κ3) is 4.77. The van der Waals surface area contributed by atoms with Crippen LogP contribution < -0.4 is 5.32 Å². The molecule has 1 saturated heterocycles. The Balaban J connectivity index is 0.000000659. The fourth-order valence-electron chi connectivity index (χ4n) is 4.51. The van der Waals surface area contributed by atoms with Crippen LogP contribution in [-0.4, -0.2) is 40.1 Å². The topological polar surface area (TPSA) is 46.0 Å². The van der Waals surface area contributed by atoms with Crippen LogP contribution in [0.1, 0.15) is 62.0 Å². The van der Waals surface area contributed by atoms with E-state index in [-0.39, 0.29) is 0 Å². The molecule has 0 radical (unpaired) electrons. The lowest BCUT2D eigenvalue weighted by molar-refractivity contribution is 0.0675. The van der Waals surface area contributed by atoms with Crippen molar-refractivity contribution in [1.82, 2.24) is 24.8 Å². The summed E-state index contributed by atoms with van der Waals surface area (Å²) in [6.07, 6.45) is 13.7. The largest absolute Gasteiger partial charge is 0.333 e. The van der Waals surface area contributed by atoms with Gasteiger partial charge in [0.1, 0.15) is 0 Å². The summed E-state index contributed by atoms with van der Waals surface area (Å²) in [5, 5.41) is 2.75. The molecule has 4 rings (SSSR count). The van der Waals surface area contributed by atoms with Crippen LogP contribution in [0, 0.1) is 5.92 Å². The summed E-state index contributed by atoms with van der Waals surface area (Å²) in [5.74, 6) is 0.771. The minimum Gasteiger partial charge on any atom is -0.333 e. The van der Waals surface area contributed by atoms with E-state index in [0.29, 0.717) is 6.04 Å². The van der Waals surface area contributed by atoms with E-state index < -0.39 is 0 Å². The highest BCUT2D eigenvalue weighted by atomic mass is 15.2. The van der Waals surface area contributed by atoms with Crippen LogP contribution >= 0.6 is 0 Å². The molecular formula is C22H35N5. The van der Waals surface area contributed by atoms with E-state index >= 15 is 0 Å². The van der Waals surface area contributed by atoms with Crippen molar-refractivity contribution in [3.63, 3.8) is 0 Å². The number of imidazole rings is 1. The summed E-state index contributed by atoms with van der Waals surface area (Å²) >= 11 is 0. The Morgan fingerprint density at radius 2 is 2.11 bits per heavy atom. The molecule has 1 fully saturated rings. The maximum absolute atomic E-state index is 4.79. The second-order valence-corrected chi connectivity index (χ2v) is 7.84. The molecule has 2 aromatic heterocycles. The number of nitrogens with zero attached hydrogens (tertiary/aromatic N) is 4. The normalized spacial score (nSPS) is 21.7. The van der Waals surface area contributed by atoms with E-state index in [1.807, 2.05) is 26.6 Å². The number of piperidine rings is 1. The molecule has 2 aromatic rings. The molecule has 0 spiro atoms. The van der Waals surface area contributed by atoms with Gasteiger partial charge in [0.15, 0.2) is 0 Å². The number of nitrogens with one attached hydrogen (secondary N) is 1. The quantitative estimate of drug-likeness (QED) is 0.870. The monoisotopic (exact) mass is 369 g/mol. The predicted octanol–water partition coefficient (Wildman–Crippen LogP) is 3.81. The van der Waals surface area contributed by atoms with E-state index in [9.17, 15) is 0 Å². The number of unbranched alkanes of at least 4 members (excludes halogenated alkanes) is 1. The first kappa shape index (κ1) is 20.0. The Bertz CT molecular complexity index is 696. The van der Waals surface area contributed by atoms with Crippen molar-refractivity contribution in [2.24, 2.45) is 5.92 Å². The fraction of sp³-hybridized carbons (Fsp3) is 0.636. The molecule has 27 heavy (non-hydrogen) atoms. The highest BCUT2D eigenvalue weighted by molar-refractivity contribution is 5.27. The molecule has 0 saturated carbocycles. The zero-order valence-electron chi connectivity index (χ0n) is 17.2. The molecule has 2 aliphatic rings. The van der Waals surface area contributed by atoms with Gasteiger partial charge in [-0.3, -0.25) is 9.88 Å². The minimum absolute atomic E-state index is 0.498. The van der Waals surface area contributed by atoms with Crippen molar-refractivity contribution in [3.8, 4) is 0 Å². The zero-order valence-corrected chi connectivity index (χ0v) is 17.2. The number of hydrogen-bond donors (Lipinski definition) is 1. The highest BCUT2D eigenvalue weighted by Gasteiger charge is 2.37. The average Bonchev–Trinajstić information content (AvgIpc) is 3.14. The van der Waals surface area contributed by atoms with Crippen molar-refractivity contribution in [3.05, 3.63) is 47.8 Å². The van der Waals surface area contributed by atoms with Gasteiger partial charge in [0.2, 0.25) is 0 Å². The predicted molar refractivity (Wildman–Crippen MR) is 111 cm³/mol. The van der Waals surface area contributed by atoms with Crippen LogP contribution in [0.25, 0.3) is 0 Å². The summed E-state index contributed by atoms with van der Waals surface area (Å²) < 4.78 is 2.34. The van der Waals surface area contributed by atoms with Gasteiger partial charge in [0.25, 0.3) is 0 Å². The lowest BCUT2D eigenvalue weighted by Gasteiger charge is -2.44. The van der Waals surface area contributed by atoms with Crippen LogP contribution in [0.15, 0.2) is 30.9 Å². The van der Waals surface area contributed by atoms with Gasteiger partial charge in [-0.2, -0.15) is 0 Å². The first-order valence-corrected chi connectivity index (χ1v) is 10.5. The van der Waals surface area contributed by atoms with E-state index in [2.05, 4.69) is 45.0 Å². The molecule has 0 amide bonds. The second kappa shape index (κ2) is 10.00. The highest BCUT2D eigenvalue weighted by Crippen LogP contribution is 2.43. The van der Waals surface area contributed by atoms with Crippen molar-refractivity contribution >= 4 is 0 Å². The van der Waals surface area contributed by atoms with Crippen molar-refractivity contribution in [2.75, 3.05) is 20.6 Å². The number of likely N-dealkylation sites (tertiary alicyclic amines) is 1. The van der Waals surface area contributed by atoms with Crippen LogP contribution in [0.4, 0.5) is 0 Å². The Kier molecular flexibility index (Phi) is 7.41. The van der Waals surface area contributed by atoms with E-state index in [1.54, 1.807) is 0 Å². The van der Waals surface area contributed by atoms with Crippen LogP contribution in [0.3, 0.4) is 0 Å². The van der Waals surface area contributed by atoms with Gasteiger partial charge in [0, 0.05) is 25.5 Å². The number of hydrogen-bond acceptors (Lipinski definition) is 4. The maximum atomic E-state index is 4.79. The maximum Gasteiger partial charge on any atom is 0.0948 e. The standard InChI is InChI=1S/C20H28N4.C2H7N/c1-2-3-11-24-15-21-13-18(24)14-23-12-5-7-17-9-8-16-6-4-10-22-19(16)20(17)23;1-3-2/h4,6,10,13,15,17,20H,2-3,5,7-9,11-12,14H2,1H3;3H,1-2H3/t17-,20-;/m0./s1. The Morgan fingerprint density at radius 3 is 2.93 bits per heavy atom. The van der Waals surface area contributed by atoms with Crippen molar-refractivity contribution in [2.45, 2.75) is 64.6 Å². The molecule has 0 bridgehead atoms. The Labute approximate surface area is 164 Å². The van der Waals surface area contributed by atoms with Crippen LogP contribution in [0.2, 0.25) is 0 Å². The second-order valence-electron chi connectivity index (χ2n) is 7.84. The average molecular weight is 370 g/mol. The van der Waals surface area contributed by atoms with Gasteiger partial charge in [0.05, 0.1) is 23.8 Å². The molecule has 1 aliphatic heterocycles. The molecule has 5 nitrogen and oxygen atoms in total. The molecule has 5 heteroatoms. The first-order chi connectivity index (χ1) is 13.3. The van der Waals surface area contributed by atoms with Gasteiger partial charge >= 0.3 is 0 Å². The van der Waals surface area contributed by atoms with E-state index in [1.165, 1.54) is 62.0 Å². The minimum atomic E-state index is 0.498. The molecule has 0 aromatic carbocycles. The molecule has 1 aliphatic carbocycles. The van der Waals surface area contributed by atoms with Gasteiger partial charge < -0.3 is 9.88 Å². The Hall–Kier alpha value is -1.72. The van der Waals surface area contributed by atoms with E-state index in [0.717, 1.165) is 19.0 Å². The third-order valence-electron chi connectivity index (χ3n) is 5.77. The number of aryl methyl sites for hydroxylation is 2. The first-order valence-electron chi connectivity index (χ1n) is 10.5. The van der Waals surface area contributed by atoms with Gasteiger partial charge in [-0.05, 0) is 70.3 Å². The van der Waals surface area contributed by atoms with Crippen molar-refractivity contribution < 1.29 is 0 Å². The van der Waals surface area contributed by atoms with Crippen LogP contribution in [-0.2, 0) is 19.5 Å². The summed E-state index contributed by atoms with van der Waals surface area (Å²) in [6.45, 7) is 5.51. The van der Waals surface area contributed by atoms with Gasteiger partial charge in [-0.25, -0.2) is 4.98 Å².